The molecule has 0 saturated carbocycles. The molecule has 2 aromatic rings. The molecule has 0 aromatic heterocycles. The van der Waals surface area contributed by atoms with E-state index in [9.17, 15) is 8.42 Å². The maximum atomic E-state index is 10.9. The predicted octanol–water partition coefficient (Wildman–Crippen LogP) is 3.67. The van der Waals surface area contributed by atoms with Gasteiger partial charge in [-0.15, -0.1) is 0 Å². The zero-order valence-corrected chi connectivity index (χ0v) is 11.3. The van der Waals surface area contributed by atoms with Gasteiger partial charge in [-0.2, -0.15) is 0 Å². The number of hydrogen-bond acceptors (Lipinski definition) is 2. The summed E-state index contributed by atoms with van der Waals surface area (Å²) in [7, 11) is 1.72. The van der Waals surface area contributed by atoms with Gasteiger partial charge in [0.05, 0.1) is 5.75 Å². The van der Waals surface area contributed by atoms with Crippen molar-refractivity contribution in [3.8, 4) is 0 Å². The summed E-state index contributed by atoms with van der Waals surface area (Å²) >= 11 is 3.38. The zero-order valence-electron chi connectivity index (χ0n) is 8.15. The number of fused-ring (bicyclic) bond motifs is 1. The molecule has 0 bridgehead atoms. The molecule has 0 N–H and O–H groups in total. The minimum Gasteiger partial charge on any atom is -0.212 e. The molecule has 0 saturated heterocycles. The Hall–Kier alpha value is -0.580. The van der Waals surface area contributed by atoms with Gasteiger partial charge in [0.1, 0.15) is 0 Å². The number of hydrogen-bond donors (Lipinski definition) is 0. The van der Waals surface area contributed by atoms with E-state index in [1.54, 1.807) is 6.07 Å². The van der Waals surface area contributed by atoms with Crippen LogP contribution in [0.5, 0.6) is 0 Å². The summed E-state index contributed by atoms with van der Waals surface area (Å²) in [5, 5.41) is 2.06. The highest BCUT2D eigenvalue weighted by Crippen LogP contribution is 2.22. The van der Waals surface area contributed by atoms with Crippen molar-refractivity contribution < 1.29 is 8.42 Å². The first-order valence-corrected chi connectivity index (χ1v) is 7.82. The first kappa shape index (κ1) is 11.9. The third-order valence-corrected chi connectivity index (χ3v) is 3.70. The fourth-order valence-electron chi connectivity index (χ4n) is 1.55. The summed E-state index contributed by atoms with van der Waals surface area (Å²) in [6, 6.07) is 11.3. The van der Waals surface area contributed by atoms with E-state index in [2.05, 4.69) is 15.9 Å². The number of benzene rings is 2. The van der Waals surface area contributed by atoms with Crippen LogP contribution >= 0.6 is 26.6 Å². The van der Waals surface area contributed by atoms with Crippen molar-refractivity contribution in [2.45, 2.75) is 5.75 Å². The smallest absolute Gasteiger partial charge is 0.212 e. The highest BCUT2D eigenvalue weighted by atomic mass is 79.9. The molecule has 0 spiro atoms. The van der Waals surface area contributed by atoms with Crippen LogP contribution in [-0.4, -0.2) is 8.42 Å². The predicted molar refractivity (Wildman–Crippen MR) is 70.1 cm³/mol. The van der Waals surface area contributed by atoms with Crippen LogP contribution in [0.1, 0.15) is 5.56 Å². The van der Waals surface area contributed by atoms with Crippen molar-refractivity contribution in [3.05, 3.63) is 46.4 Å². The normalized spacial score (nSPS) is 11.9. The van der Waals surface area contributed by atoms with Gasteiger partial charge in [-0.1, -0.05) is 40.2 Å². The Morgan fingerprint density at radius 1 is 1.06 bits per heavy atom. The Labute approximate surface area is 107 Å². The molecule has 0 atom stereocenters. The first-order chi connectivity index (χ1) is 7.44. The molecular weight excluding hydrogens is 312 g/mol. The molecule has 0 aliphatic carbocycles. The average molecular weight is 320 g/mol. The summed E-state index contributed by atoms with van der Waals surface area (Å²) < 4.78 is 22.9. The minimum absolute atomic E-state index is 0.138. The summed E-state index contributed by atoms with van der Waals surface area (Å²) in [6.07, 6.45) is 0. The van der Waals surface area contributed by atoms with Gasteiger partial charge in [-0.25, -0.2) is 8.42 Å². The van der Waals surface area contributed by atoms with Crippen molar-refractivity contribution in [2.24, 2.45) is 0 Å². The van der Waals surface area contributed by atoms with Crippen LogP contribution in [0.25, 0.3) is 10.8 Å². The van der Waals surface area contributed by atoms with Gasteiger partial charge < -0.3 is 0 Å². The molecule has 0 heterocycles. The molecule has 0 fully saturated rings. The third kappa shape index (κ3) is 2.97. The van der Waals surface area contributed by atoms with E-state index in [1.165, 1.54) is 0 Å². The number of rotatable bonds is 2. The standard InChI is InChI=1S/C11H8BrClO2S/c12-11-4-3-9-5-8(7-16(13,14)15)1-2-10(9)6-11/h1-6H,7H2. The Bertz CT molecular complexity index is 637. The Balaban J connectivity index is 2.49. The molecule has 0 unspecified atom stereocenters. The SMILES string of the molecule is O=S(=O)(Cl)Cc1ccc2cc(Br)ccc2c1. The fourth-order valence-corrected chi connectivity index (χ4v) is 2.89. The van der Waals surface area contributed by atoms with Crippen LogP contribution in [0.4, 0.5) is 0 Å². The lowest BCUT2D eigenvalue weighted by Crippen LogP contribution is -1.94. The zero-order chi connectivity index (χ0) is 11.8. The van der Waals surface area contributed by atoms with Crippen molar-refractivity contribution in [3.63, 3.8) is 0 Å². The highest BCUT2D eigenvalue weighted by Gasteiger charge is 2.07. The number of halogens is 2. The van der Waals surface area contributed by atoms with E-state index in [-0.39, 0.29) is 5.75 Å². The van der Waals surface area contributed by atoms with Crippen LogP contribution in [0.3, 0.4) is 0 Å². The molecule has 5 heteroatoms. The van der Waals surface area contributed by atoms with E-state index < -0.39 is 9.05 Å². The van der Waals surface area contributed by atoms with Gasteiger partial charge in [-0.3, -0.25) is 0 Å². The van der Waals surface area contributed by atoms with E-state index in [0.717, 1.165) is 15.2 Å². The molecule has 2 nitrogen and oxygen atoms in total. The molecular formula is C11H8BrClO2S. The minimum atomic E-state index is -3.49. The van der Waals surface area contributed by atoms with Crippen molar-refractivity contribution in [1.82, 2.24) is 0 Å². The molecule has 0 radical (unpaired) electrons. The molecule has 0 amide bonds. The second-order valence-electron chi connectivity index (χ2n) is 3.51. The monoisotopic (exact) mass is 318 g/mol. The van der Waals surface area contributed by atoms with Gasteiger partial charge in [0, 0.05) is 15.2 Å². The van der Waals surface area contributed by atoms with Gasteiger partial charge in [0.25, 0.3) is 0 Å². The summed E-state index contributed by atoms with van der Waals surface area (Å²) in [5.41, 5.74) is 0.699. The fraction of sp³-hybridized carbons (Fsp3) is 0.0909. The molecule has 16 heavy (non-hydrogen) atoms. The van der Waals surface area contributed by atoms with Crippen molar-refractivity contribution in [2.75, 3.05) is 0 Å². The third-order valence-electron chi connectivity index (χ3n) is 2.21. The molecule has 2 rings (SSSR count). The Morgan fingerprint density at radius 3 is 2.38 bits per heavy atom. The van der Waals surface area contributed by atoms with Gasteiger partial charge >= 0.3 is 0 Å². The topological polar surface area (TPSA) is 34.1 Å². The van der Waals surface area contributed by atoms with Crippen LogP contribution in [0.15, 0.2) is 40.9 Å². The largest absolute Gasteiger partial charge is 0.236 e. The Morgan fingerprint density at radius 2 is 1.69 bits per heavy atom. The van der Waals surface area contributed by atoms with Gasteiger partial charge in [0.2, 0.25) is 9.05 Å². The molecule has 0 aliphatic rings. The second kappa shape index (κ2) is 4.35. The summed E-state index contributed by atoms with van der Waals surface area (Å²) in [4.78, 5) is 0. The van der Waals surface area contributed by atoms with Crippen molar-refractivity contribution in [1.29, 1.82) is 0 Å². The lowest BCUT2D eigenvalue weighted by molar-refractivity contribution is 0.609. The molecule has 2 aromatic carbocycles. The summed E-state index contributed by atoms with van der Waals surface area (Å²) in [6.45, 7) is 0. The van der Waals surface area contributed by atoms with Crippen LogP contribution < -0.4 is 0 Å². The second-order valence-corrected chi connectivity index (χ2v) is 7.20. The van der Waals surface area contributed by atoms with E-state index >= 15 is 0 Å². The average Bonchev–Trinajstić information content (AvgIpc) is 2.16. The molecule has 84 valence electrons. The van der Waals surface area contributed by atoms with E-state index in [0.29, 0.717) is 5.56 Å². The lowest BCUT2D eigenvalue weighted by atomic mass is 10.1. The highest BCUT2D eigenvalue weighted by molar-refractivity contribution is 9.10. The lowest BCUT2D eigenvalue weighted by Gasteiger charge is -2.02. The maximum absolute atomic E-state index is 10.9. The van der Waals surface area contributed by atoms with Gasteiger partial charge in [0.15, 0.2) is 0 Å². The first-order valence-electron chi connectivity index (χ1n) is 4.54. The Kier molecular flexibility index (Phi) is 3.24. The van der Waals surface area contributed by atoms with E-state index in [4.69, 9.17) is 10.7 Å². The van der Waals surface area contributed by atoms with Gasteiger partial charge in [-0.05, 0) is 28.5 Å². The summed E-state index contributed by atoms with van der Waals surface area (Å²) in [5.74, 6) is -0.138. The van der Waals surface area contributed by atoms with Crippen LogP contribution in [0.2, 0.25) is 0 Å². The van der Waals surface area contributed by atoms with Crippen molar-refractivity contribution >= 4 is 46.4 Å². The maximum Gasteiger partial charge on any atom is 0.236 e. The van der Waals surface area contributed by atoms with Crippen LogP contribution in [-0.2, 0) is 14.8 Å². The van der Waals surface area contributed by atoms with E-state index in [1.807, 2.05) is 30.3 Å². The van der Waals surface area contributed by atoms with Crippen LogP contribution in [0, 0.1) is 0 Å². The quantitative estimate of drug-likeness (QED) is 0.792. The molecule has 0 aliphatic heterocycles.